The summed E-state index contributed by atoms with van der Waals surface area (Å²) in [7, 11) is 0. The molecule has 0 fully saturated rings. The number of rotatable bonds is 1. The molecule has 0 aliphatic carbocycles. The molecule has 0 N–H and O–H groups in total. The van der Waals surface area contributed by atoms with Crippen molar-refractivity contribution < 1.29 is 9.32 Å². The van der Waals surface area contributed by atoms with Crippen LogP contribution in [0.25, 0.3) is 10.2 Å². The van der Waals surface area contributed by atoms with E-state index in [9.17, 15) is 9.59 Å². The van der Waals surface area contributed by atoms with Crippen LogP contribution >= 0.6 is 11.3 Å². The summed E-state index contributed by atoms with van der Waals surface area (Å²) in [6, 6.07) is 1.86. The first-order valence-electron chi connectivity index (χ1n) is 7.75. The van der Waals surface area contributed by atoms with Crippen molar-refractivity contribution in [2.75, 3.05) is 13.1 Å². The highest BCUT2D eigenvalue weighted by Crippen LogP contribution is 2.19. The summed E-state index contributed by atoms with van der Waals surface area (Å²) in [5.74, 6) is 1.16. The van der Waals surface area contributed by atoms with Crippen molar-refractivity contribution in [1.82, 2.24) is 19.6 Å². The molecule has 4 heterocycles. The van der Waals surface area contributed by atoms with Gasteiger partial charge in [-0.05, 0) is 25.3 Å². The minimum absolute atomic E-state index is 0.0170. The molecule has 1 amide bonds. The molecule has 0 atom stereocenters. The van der Waals surface area contributed by atoms with Crippen LogP contribution in [0.5, 0.6) is 0 Å². The highest BCUT2D eigenvalue weighted by molar-refractivity contribution is 7.17. The molecule has 0 radical (unpaired) electrons. The second kappa shape index (κ2) is 5.55. The Morgan fingerprint density at radius 2 is 2.12 bits per heavy atom. The Kier molecular flexibility index (Phi) is 3.49. The molecule has 24 heavy (non-hydrogen) atoms. The number of carbonyl (C=O) groups excluding carboxylic acids is 1. The number of hydrogen-bond donors (Lipinski definition) is 0. The first-order valence-corrected chi connectivity index (χ1v) is 8.63. The summed E-state index contributed by atoms with van der Waals surface area (Å²) in [5, 5.41) is 5.73. The summed E-state index contributed by atoms with van der Waals surface area (Å²) in [4.78, 5) is 31.7. The SMILES string of the molecule is Cc1noc(C)c1C(=O)N1CCc2nc3ccsc3c(=O)n2CC1. The van der Waals surface area contributed by atoms with Gasteiger partial charge in [-0.1, -0.05) is 5.16 Å². The first-order chi connectivity index (χ1) is 11.6. The van der Waals surface area contributed by atoms with E-state index in [-0.39, 0.29) is 11.5 Å². The van der Waals surface area contributed by atoms with Gasteiger partial charge in [-0.25, -0.2) is 4.98 Å². The number of aromatic nitrogens is 3. The second-order valence-corrected chi connectivity index (χ2v) is 6.78. The largest absolute Gasteiger partial charge is 0.361 e. The average Bonchev–Trinajstić information content (AvgIpc) is 3.08. The third-order valence-electron chi connectivity index (χ3n) is 4.38. The molecule has 3 aromatic heterocycles. The Labute approximate surface area is 141 Å². The Morgan fingerprint density at radius 3 is 2.88 bits per heavy atom. The van der Waals surface area contributed by atoms with Crippen LogP contribution < -0.4 is 5.56 Å². The van der Waals surface area contributed by atoms with E-state index in [1.54, 1.807) is 23.3 Å². The van der Waals surface area contributed by atoms with Crippen LogP contribution in [0.15, 0.2) is 20.8 Å². The van der Waals surface area contributed by atoms with E-state index in [0.717, 1.165) is 11.3 Å². The zero-order valence-corrected chi connectivity index (χ0v) is 14.2. The summed E-state index contributed by atoms with van der Waals surface area (Å²) in [5.41, 5.74) is 1.83. The van der Waals surface area contributed by atoms with Gasteiger partial charge in [0.25, 0.3) is 11.5 Å². The molecule has 124 valence electrons. The van der Waals surface area contributed by atoms with Gasteiger partial charge in [-0.15, -0.1) is 11.3 Å². The van der Waals surface area contributed by atoms with Crippen molar-refractivity contribution in [2.24, 2.45) is 0 Å². The van der Waals surface area contributed by atoms with Gasteiger partial charge in [0.15, 0.2) is 0 Å². The van der Waals surface area contributed by atoms with Crippen LogP contribution in [-0.4, -0.2) is 38.6 Å². The first kappa shape index (κ1) is 15.1. The van der Waals surface area contributed by atoms with Gasteiger partial charge in [0.05, 0.1) is 11.2 Å². The summed E-state index contributed by atoms with van der Waals surface area (Å²) < 4.78 is 7.46. The Hall–Kier alpha value is -2.48. The smallest absolute Gasteiger partial charge is 0.271 e. The van der Waals surface area contributed by atoms with Gasteiger partial charge in [0, 0.05) is 26.1 Å². The van der Waals surface area contributed by atoms with E-state index < -0.39 is 0 Å². The summed E-state index contributed by atoms with van der Waals surface area (Å²) >= 11 is 1.41. The number of amides is 1. The topological polar surface area (TPSA) is 81.2 Å². The van der Waals surface area contributed by atoms with E-state index >= 15 is 0 Å². The standard InChI is InChI=1S/C16H16N4O3S/c1-9-13(10(2)23-18-9)15(21)19-5-3-12-17-11-4-8-24-14(11)16(22)20(12)7-6-19/h4,8H,3,5-7H2,1-2H3. The average molecular weight is 344 g/mol. The molecule has 4 rings (SSSR count). The van der Waals surface area contributed by atoms with Gasteiger partial charge >= 0.3 is 0 Å². The van der Waals surface area contributed by atoms with Crippen LogP contribution in [-0.2, 0) is 13.0 Å². The molecule has 0 bridgehead atoms. The van der Waals surface area contributed by atoms with E-state index in [4.69, 9.17) is 4.52 Å². The Morgan fingerprint density at radius 1 is 1.29 bits per heavy atom. The van der Waals surface area contributed by atoms with Gasteiger partial charge in [0.2, 0.25) is 0 Å². The third-order valence-corrected chi connectivity index (χ3v) is 5.27. The fourth-order valence-corrected chi connectivity index (χ4v) is 3.91. The quantitative estimate of drug-likeness (QED) is 0.672. The molecule has 0 unspecified atom stereocenters. The van der Waals surface area contributed by atoms with Gasteiger partial charge in [-0.3, -0.25) is 14.2 Å². The Balaban J connectivity index is 1.67. The predicted molar refractivity (Wildman–Crippen MR) is 89.5 cm³/mol. The van der Waals surface area contributed by atoms with E-state index in [1.165, 1.54) is 11.3 Å². The summed E-state index contributed by atoms with van der Waals surface area (Å²) in [6.07, 6.45) is 0.552. The fraction of sp³-hybridized carbons (Fsp3) is 0.375. The van der Waals surface area contributed by atoms with E-state index in [1.807, 2.05) is 11.4 Å². The third kappa shape index (κ3) is 2.25. The van der Waals surface area contributed by atoms with Crippen LogP contribution in [0, 0.1) is 13.8 Å². The maximum atomic E-state index is 12.8. The minimum atomic E-state index is -0.103. The zero-order valence-electron chi connectivity index (χ0n) is 13.4. The lowest BCUT2D eigenvalue weighted by molar-refractivity contribution is 0.0756. The molecule has 1 aliphatic rings. The summed E-state index contributed by atoms with van der Waals surface area (Å²) in [6.45, 7) is 4.93. The van der Waals surface area contributed by atoms with E-state index in [0.29, 0.717) is 47.8 Å². The number of carbonyl (C=O) groups is 1. The molecule has 0 spiro atoms. The second-order valence-electron chi connectivity index (χ2n) is 5.86. The van der Waals surface area contributed by atoms with Gasteiger partial charge in [-0.2, -0.15) is 0 Å². The lowest BCUT2D eigenvalue weighted by Crippen LogP contribution is -2.34. The van der Waals surface area contributed by atoms with Crippen molar-refractivity contribution in [3.63, 3.8) is 0 Å². The highest BCUT2D eigenvalue weighted by atomic mass is 32.1. The van der Waals surface area contributed by atoms with Crippen molar-refractivity contribution in [3.8, 4) is 0 Å². The number of nitrogens with zero attached hydrogens (tertiary/aromatic N) is 4. The Bertz CT molecular complexity index is 981. The predicted octanol–water partition coefficient (Wildman–Crippen LogP) is 1.76. The number of fused-ring (bicyclic) bond motifs is 2. The molecule has 3 aromatic rings. The minimum Gasteiger partial charge on any atom is -0.361 e. The number of hydrogen-bond acceptors (Lipinski definition) is 6. The molecular formula is C16H16N4O3S. The lowest BCUT2D eigenvalue weighted by Gasteiger charge is -2.19. The molecule has 1 aliphatic heterocycles. The van der Waals surface area contributed by atoms with Crippen molar-refractivity contribution in [2.45, 2.75) is 26.8 Å². The molecule has 0 saturated heterocycles. The van der Waals surface area contributed by atoms with Crippen LogP contribution in [0.1, 0.15) is 27.6 Å². The molecule has 7 nitrogen and oxygen atoms in total. The lowest BCUT2D eigenvalue weighted by atomic mass is 10.1. The number of aryl methyl sites for hydroxylation is 2. The van der Waals surface area contributed by atoms with E-state index in [2.05, 4.69) is 10.1 Å². The maximum absolute atomic E-state index is 12.8. The van der Waals surface area contributed by atoms with Crippen molar-refractivity contribution in [1.29, 1.82) is 0 Å². The van der Waals surface area contributed by atoms with Gasteiger partial charge in [0.1, 0.15) is 21.8 Å². The molecule has 0 aromatic carbocycles. The maximum Gasteiger partial charge on any atom is 0.271 e. The van der Waals surface area contributed by atoms with Crippen molar-refractivity contribution in [3.05, 3.63) is 44.6 Å². The van der Waals surface area contributed by atoms with Crippen LogP contribution in [0.4, 0.5) is 0 Å². The highest BCUT2D eigenvalue weighted by Gasteiger charge is 2.26. The fourth-order valence-electron chi connectivity index (χ4n) is 3.13. The molecule has 8 heteroatoms. The molecule has 0 saturated carbocycles. The monoisotopic (exact) mass is 344 g/mol. The normalized spacial score (nSPS) is 14.7. The van der Waals surface area contributed by atoms with Crippen LogP contribution in [0.2, 0.25) is 0 Å². The van der Waals surface area contributed by atoms with Crippen LogP contribution in [0.3, 0.4) is 0 Å². The zero-order chi connectivity index (χ0) is 16.8. The van der Waals surface area contributed by atoms with Crippen molar-refractivity contribution >= 4 is 27.5 Å². The number of thiophene rings is 1. The van der Waals surface area contributed by atoms with Gasteiger partial charge < -0.3 is 9.42 Å². The molecular weight excluding hydrogens is 328 g/mol.